The number of aromatic nitrogens is 3. The molecule has 0 amide bonds. The van der Waals surface area contributed by atoms with Gasteiger partial charge in [0, 0.05) is 67.2 Å². The maximum absolute atomic E-state index is 10.7. The number of hydrogen-bond donors (Lipinski definition) is 4. The number of nitro groups is 1. The van der Waals surface area contributed by atoms with E-state index in [0.717, 1.165) is 36.5 Å². The molecule has 10 nitrogen and oxygen atoms in total. The summed E-state index contributed by atoms with van der Waals surface area (Å²) in [5, 5.41) is 24.9. The van der Waals surface area contributed by atoms with Crippen molar-refractivity contribution in [3.63, 3.8) is 0 Å². The van der Waals surface area contributed by atoms with Crippen LogP contribution in [0.3, 0.4) is 0 Å². The first-order chi connectivity index (χ1) is 16.0. The molecule has 1 aliphatic heterocycles. The second-order valence-electron chi connectivity index (χ2n) is 7.34. The summed E-state index contributed by atoms with van der Waals surface area (Å²) >= 11 is 12.6. The van der Waals surface area contributed by atoms with E-state index in [1.54, 1.807) is 18.2 Å². The van der Waals surface area contributed by atoms with Gasteiger partial charge in [0.2, 0.25) is 5.95 Å². The molecule has 1 saturated heterocycles. The van der Waals surface area contributed by atoms with Crippen molar-refractivity contribution in [2.24, 2.45) is 0 Å². The molecule has 0 bridgehead atoms. The van der Waals surface area contributed by atoms with Gasteiger partial charge in [0.1, 0.15) is 12.0 Å². The summed E-state index contributed by atoms with van der Waals surface area (Å²) in [4.78, 5) is 23.5. The smallest absolute Gasteiger partial charge is 0.287 e. The summed E-state index contributed by atoms with van der Waals surface area (Å²) in [6, 6.07) is 8.37. The number of piperazine rings is 1. The first kappa shape index (κ1) is 23.1. The predicted molar refractivity (Wildman–Crippen MR) is 129 cm³/mol. The summed E-state index contributed by atoms with van der Waals surface area (Å²) < 4.78 is 0. The van der Waals surface area contributed by atoms with Crippen molar-refractivity contribution in [2.75, 3.05) is 43.4 Å². The second-order valence-corrected chi connectivity index (χ2v) is 8.19. The molecule has 0 aliphatic carbocycles. The summed E-state index contributed by atoms with van der Waals surface area (Å²) in [5.41, 5.74) is 2.41. The molecule has 4 rings (SSSR count). The highest BCUT2D eigenvalue weighted by atomic mass is 35.5. The zero-order chi connectivity index (χ0) is 23.2. The van der Waals surface area contributed by atoms with Gasteiger partial charge in [-0.1, -0.05) is 23.2 Å². The second kappa shape index (κ2) is 10.7. The van der Waals surface area contributed by atoms with Crippen molar-refractivity contribution in [1.82, 2.24) is 25.6 Å². The fourth-order valence-corrected chi connectivity index (χ4v) is 3.96. The molecule has 1 unspecified atom stereocenters. The highest BCUT2D eigenvalue weighted by Crippen LogP contribution is 2.34. The lowest BCUT2D eigenvalue weighted by Crippen LogP contribution is -2.43. The fourth-order valence-electron chi connectivity index (χ4n) is 3.47. The van der Waals surface area contributed by atoms with Crippen LogP contribution in [-0.4, -0.2) is 52.6 Å². The van der Waals surface area contributed by atoms with Crippen molar-refractivity contribution in [2.45, 2.75) is 6.04 Å². The van der Waals surface area contributed by atoms with Crippen LogP contribution in [0.4, 0.5) is 17.5 Å². The van der Waals surface area contributed by atoms with Gasteiger partial charge in [0.15, 0.2) is 0 Å². The number of anilines is 2. The van der Waals surface area contributed by atoms with E-state index in [4.69, 9.17) is 28.2 Å². The van der Waals surface area contributed by atoms with Gasteiger partial charge in [-0.2, -0.15) is 0 Å². The molecule has 1 atom stereocenters. The first-order valence-electron chi connectivity index (χ1n) is 10.4. The quantitative estimate of drug-likeness (QED) is 0.213. The molecule has 1 fully saturated rings. The molecule has 2 aromatic heterocycles. The summed E-state index contributed by atoms with van der Waals surface area (Å²) in [6.45, 7) is 3.54. The highest BCUT2D eigenvalue weighted by Gasteiger charge is 2.22. The van der Waals surface area contributed by atoms with Crippen LogP contribution < -0.4 is 21.3 Å². The lowest BCUT2D eigenvalue weighted by molar-refractivity contribution is -0.385. The van der Waals surface area contributed by atoms with Crippen LogP contribution in [0.5, 0.6) is 0 Å². The number of nitrogens with zero attached hydrogens (tertiary/aromatic N) is 4. The van der Waals surface area contributed by atoms with Crippen LogP contribution in [0.25, 0.3) is 11.3 Å². The Kier molecular flexibility index (Phi) is 7.50. The minimum Gasteiger partial charge on any atom is -0.368 e. The Hall–Kier alpha value is -3.05. The maximum Gasteiger partial charge on any atom is 0.287 e. The van der Waals surface area contributed by atoms with Crippen LogP contribution in [0.2, 0.25) is 10.0 Å². The molecule has 1 aliphatic rings. The van der Waals surface area contributed by atoms with Crippen molar-refractivity contribution < 1.29 is 4.92 Å². The van der Waals surface area contributed by atoms with Crippen molar-refractivity contribution in [1.29, 1.82) is 0 Å². The van der Waals surface area contributed by atoms with E-state index in [9.17, 15) is 10.1 Å². The van der Waals surface area contributed by atoms with Crippen molar-refractivity contribution in [3.05, 3.63) is 68.4 Å². The average molecular weight is 489 g/mol. The Balaban J connectivity index is 1.47. The predicted octanol–water partition coefficient (Wildman–Crippen LogP) is 3.51. The Morgan fingerprint density at radius 2 is 1.94 bits per heavy atom. The summed E-state index contributed by atoms with van der Waals surface area (Å²) in [5.74, 6) is 1.00. The number of nitrogens with one attached hydrogen (secondary N) is 4. The van der Waals surface area contributed by atoms with Crippen molar-refractivity contribution in [3.8, 4) is 11.3 Å². The monoisotopic (exact) mass is 488 g/mol. The fraction of sp³-hybridized carbons (Fsp3) is 0.286. The average Bonchev–Trinajstić information content (AvgIpc) is 2.83. The van der Waals surface area contributed by atoms with E-state index in [1.807, 2.05) is 12.3 Å². The Bertz CT molecular complexity index is 1120. The number of halogens is 2. The number of rotatable bonds is 8. The number of benzene rings is 1. The van der Waals surface area contributed by atoms with Crippen LogP contribution in [-0.2, 0) is 0 Å². The van der Waals surface area contributed by atoms with Crippen LogP contribution in [0, 0.1) is 10.1 Å². The van der Waals surface area contributed by atoms with Gasteiger partial charge >= 0.3 is 0 Å². The molecule has 0 spiro atoms. The lowest BCUT2D eigenvalue weighted by atomic mass is 10.0. The van der Waals surface area contributed by atoms with Crippen LogP contribution >= 0.6 is 23.2 Å². The van der Waals surface area contributed by atoms with Gasteiger partial charge in [-0.25, -0.2) is 15.0 Å². The minimum absolute atomic E-state index is 0.0526. The SMILES string of the molecule is O=[N+]([O-])c1ccc(NCCNc2ncc(C3CNCCN3)c(-c3ccc(Cl)cc3Cl)n2)nc1. The Labute approximate surface area is 200 Å². The minimum atomic E-state index is -0.483. The van der Waals surface area contributed by atoms with E-state index in [0.29, 0.717) is 34.9 Å². The standard InChI is InChI=1S/C21H22Cl2N8O2/c22-13-1-3-15(17(23)9-13)20-16(18-12-24-5-6-25-18)11-29-21(30-20)27-8-7-26-19-4-2-14(10-28-19)31(32)33/h1-4,9-11,18,24-25H,5-8,12H2,(H,26,28)(H,27,29,30). The van der Waals surface area contributed by atoms with Gasteiger partial charge in [0.05, 0.1) is 15.6 Å². The molecule has 1 aromatic carbocycles. The van der Waals surface area contributed by atoms with E-state index >= 15 is 0 Å². The molecule has 4 N–H and O–H groups in total. The van der Waals surface area contributed by atoms with Gasteiger partial charge in [-0.15, -0.1) is 0 Å². The van der Waals surface area contributed by atoms with Crippen LogP contribution in [0.15, 0.2) is 42.7 Å². The number of pyridine rings is 1. The van der Waals surface area contributed by atoms with Gasteiger partial charge < -0.3 is 21.3 Å². The van der Waals surface area contributed by atoms with E-state index in [-0.39, 0.29) is 11.7 Å². The third kappa shape index (κ3) is 5.85. The van der Waals surface area contributed by atoms with E-state index < -0.39 is 4.92 Å². The molecule has 33 heavy (non-hydrogen) atoms. The zero-order valence-corrected chi connectivity index (χ0v) is 19.0. The summed E-state index contributed by atoms with van der Waals surface area (Å²) in [6.07, 6.45) is 3.03. The molecular weight excluding hydrogens is 467 g/mol. The van der Waals surface area contributed by atoms with Gasteiger partial charge in [0.25, 0.3) is 5.69 Å². The van der Waals surface area contributed by atoms with E-state index in [2.05, 4.69) is 31.2 Å². The summed E-state index contributed by atoms with van der Waals surface area (Å²) in [7, 11) is 0. The molecular formula is C21H22Cl2N8O2. The Morgan fingerprint density at radius 1 is 1.09 bits per heavy atom. The molecule has 12 heteroatoms. The van der Waals surface area contributed by atoms with Crippen molar-refractivity contribution >= 4 is 40.7 Å². The third-order valence-electron chi connectivity index (χ3n) is 5.09. The molecule has 3 aromatic rings. The molecule has 0 saturated carbocycles. The van der Waals surface area contributed by atoms with E-state index in [1.165, 1.54) is 12.3 Å². The number of hydrogen-bond acceptors (Lipinski definition) is 9. The molecule has 0 radical (unpaired) electrons. The highest BCUT2D eigenvalue weighted by molar-refractivity contribution is 6.36. The van der Waals surface area contributed by atoms with Gasteiger partial charge in [-0.3, -0.25) is 10.1 Å². The largest absolute Gasteiger partial charge is 0.368 e. The molecule has 172 valence electrons. The van der Waals surface area contributed by atoms with Gasteiger partial charge in [-0.05, 0) is 24.3 Å². The third-order valence-corrected chi connectivity index (χ3v) is 5.64. The Morgan fingerprint density at radius 3 is 2.64 bits per heavy atom. The zero-order valence-electron chi connectivity index (χ0n) is 17.5. The maximum atomic E-state index is 10.7. The topological polar surface area (TPSA) is 130 Å². The normalized spacial score (nSPS) is 15.8. The lowest BCUT2D eigenvalue weighted by Gasteiger charge is -2.26. The van der Waals surface area contributed by atoms with Crippen LogP contribution in [0.1, 0.15) is 11.6 Å². The first-order valence-corrected chi connectivity index (χ1v) is 11.1. The molecule has 3 heterocycles.